The molecule has 0 saturated heterocycles. The third kappa shape index (κ3) is 4.64. The van der Waals surface area contributed by atoms with E-state index in [1.54, 1.807) is 31.2 Å². The van der Waals surface area contributed by atoms with Crippen LogP contribution in [0.4, 0.5) is 4.39 Å². The van der Waals surface area contributed by atoms with Crippen LogP contribution in [0.15, 0.2) is 53.7 Å². The monoisotopic (exact) mass is 428 g/mol. The molecule has 3 aromatic rings. The van der Waals surface area contributed by atoms with Crippen molar-refractivity contribution in [2.45, 2.75) is 31.6 Å². The summed E-state index contributed by atoms with van der Waals surface area (Å²) >= 11 is 1.35. The number of hydrogen-bond acceptors (Lipinski definition) is 5. The number of hydrogen-bond donors (Lipinski definition) is 0. The van der Waals surface area contributed by atoms with Crippen LogP contribution in [0.1, 0.15) is 25.5 Å². The molecule has 1 aromatic heterocycles. The van der Waals surface area contributed by atoms with Gasteiger partial charge in [-0.25, -0.2) is 4.39 Å². The van der Waals surface area contributed by atoms with Crippen molar-refractivity contribution in [3.05, 3.63) is 59.9 Å². The third-order valence-electron chi connectivity index (χ3n) is 5.03. The van der Waals surface area contributed by atoms with Crippen molar-refractivity contribution < 1.29 is 13.9 Å². The molecular weight excluding hydrogens is 403 g/mol. The minimum absolute atomic E-state index is 0.0404. The van der Waals surface area contributed by atoms with Gasteiger partial charge in [-0.2, -0.15) is 0 Å². The van der Waals surface area contributed by atoms with Crippen molar-refractivity contribution in [3.8, 4) is 17.1 Å². The van der Waals surface area contributed by atoms with Crippen LogP contribution < -0.4 is 4.74 Å². The molecule has 158 valence electrons. The number of rotatable bonds is 8. The lowest BCUT2D eigenvalue weighted by Gasteiger charge is -2.25. The number of carbonyl (C=O) groups excluding carboxylic acids is 1. The number of benzene rings is 2. The Hall–Kier alpha value is -2.87. The number of aromatic nitrogens is 3. The summed E-state index contributed by atoms with van der Waals surface area (Å²) in [6.45, 7) is 4.60. The van der Waals surface area contributed by atoms with Crippen molar-refractivity contribution >= 4 is 17.7 Å². The fraction of sp³-hybridized carbons (Fsp3) is 0.318. The van der Waals surface area contributed by atoms with E-state index < -0.39 is 0 Å². The Morgan fingerprint density at radius 3 is 2.57 bits per heavy atom. The summed E-state index contributed by atoms with van der Waals surface area (Å²) in [5.41, 5.74) is 1.74. The highest BCUT2D eigenvalue weighted by atomic mass is 32.2. The van der Waals surface area contributed by atoms with Gasteiger partial charge in [-0.3, -0.25) is 4.79 Å². The normalized spacial score (nSPS) is 11.9. The molecule has 1 amide bonds. The van der Waals surface area contributed by atoms with E-state index in [-0.39, 0.29) is 23.5 Å². The van der Waals surface area contributed by atoms with Gasteiger partial charge in [-0.15, -0.1) is 10.2 Å². The third-order valence-corrected chi connectivity index (χ3v) is 5.98. The molecule has 0 saturated carbocycles. The minimum atomic E-state index is -0.291. The molecule has 0 bridgehead atoms. The van der Waals surface area contributed by atoms with Crippen molar-refractivity contribution in [2.24, 2.45) is 0 Å². The quantitative estimate of drug-likeness (QED) is 0.497. The van der Waals surface area contributed by atoms with Gasteiger partial charge in [0.1, 0.15) is 11.6 Å². The Kier molecular flexibility index (Phi) is 7.10. The van der Waals surface area contributed by atoms with E-state index in [0.717, 1.165) is 16.9 Å². The van der Waals surface area contributed by atoms with E-state index >= 15 is 0 Å². The zero-order valence-electron chi connectivity index (χ0n) is 17.5. The highest BCUT2D eigenvalue weighted by Gasteiger charge is 2.21. The first kappa shape index (κ1) is 21.8. The zero-order valence-corrected chi connectivity index (χ0v) is 18.3. The number of carbonyl (C=O) groups is 1. The van der Waals surface area contributed by atoms with Crippen molar-refractivity contribution in [2.75, 3.05) is 19.9 Å². The highest BCUT2D eigenvalue weighted by Crippen LogP contribution is 2.31. The maximum absolute atomic E-state index is 13.2. The summed E-state index contributed by atoms with van der Waals surface area (Å²) in [7, 11) is 3.37. The maximum atomic E-state index is 13.2. The molecular formula is C22H25FN4O2S. The summed E-state index contributed by atoms with van der Waals surface area (Å²) in [5.74, 6) is 1.33. The molecule has 0 aliphatic heterocycles. The van der Waals surface area contributed by atoms with Crippen LogP contribution in [0.25, 0.3) is 11.4 Å². The zero-order chi connectivity index (χ0) is 21.7. The fourth-order valence-electron chi connectivity index (χ4n) is 3.12. The molecule has 1 unspecified atom stereocenters. The van der Waals surface area contributed by atoms with Gasteiger partial charge in [-0.1, -0.05) is 36.0 Å². The van der Waals surface area contributed by atoms with Crippen LogP contribution in [-0.2, 0) is 11.3 Å². The van der Waals surface area contributed by atoms with Gasteiger partial charge in [0.05, 0.1) is 24.5 Å². The van der Waals surface area contributed by atoms with Crippen molar-refractivity contribution in [1.29, 1.82) is 0 Å². The molecule has 1 atom stereocenters. The Morgan fingerprint density at radius 1 is 1.20 bits per heavy atom. The van der Waals surface area contributed by atoms with Gasteiger partial charge in [0.15, 0.2) is 11.0 Å². The van der Waals surface area contributed by atoms with Crippen LogP contribution in [-0.4, -0.2) is 45.5 Å². The lowest BCUT2D eigenvalue weighted by molar-refractivity contribution is -0.128. The summed E-state index contributed by atoms with van der Waals surface area (Å²) in [4.78, 5) is 14.4. The molecule has 30 heavy (non-hydrogen) atoms. The topological polar surface area (TPSA) is 60.2 Å². The summed E-state index contributed by atoms with van der Waals surface area (Å²) in [6, 6.07) is 13.7. The average Bonchev–Trinajstić information content (AvgIpc) is 3.19. The second-order valence-electron chi connectivity index (χ2n) is 6.77. The molecule has 0 spiro atoms. The summed E-state index contributed by atoms with van der Waals surface area (Å²) < 4.78 is 20.6. The first-order valence-electron chi connectivity index (χ1n) is 9.66. The number of nitrogens with zero attached hydrogens (tertiary/aromatic N) is 4. The van der Waals surface area contributed by atoms with Gasteiger partial charge in [-0.05, 0) is 43.7 Å². The second kappa shape index (κ2) is 9.75. The molecule has 6 nitrogen and oxygen atoms in total. The smallest absolute Gasteiger partial charge is 0.233 e. The SMILES string of the molecule is CCn1c(SCC(=O)N(C)C(C)c2ccc(F)cc2)nnc1-c1ccccc1OC. The number of thioether (sulfide) groups is 1. The molecule has 3 rings (SSSR count). The molecule has 0 N–H and O–H groups in total. The lowest BCUT2D eigenvalue weighted by atomic mass is 10.1. The van der Waals surface area contributed by atoms with Gasteiger partial charge >= 0.3 is 0 Å². The first-order valence-corrected chi connectivity index (χ1v) is 10.6. The Bertz CT molecular complexity index is 1010. The molecule has 1 heterocycles. The molecule has 0 radical (unpaired) electrons. The predicted molar refractivity (Wildman–Crippen MR) is 116 cm³/mol. The predicted octanol–water partition coefficient (Wildman–Crippen LogP) is 4.42. The second-order valence-corrected chi connectivity index (χ2v) is 7.71. The van der Waals surface area contributed by atoms with Crippen molar-refractivity contribution in [3.63, 3.8) is 0 Å². The van der Waals surface area contributed by atoms with E-state index in [1.165, 1.54) is 23.9 Å². The number of ether oxygens (including phenoxy) is 1. The molecule has 0 aliphatic carbocycles. The Balaban J connectivity index is 1.72. The average molecular weight is 429 g/mol. The van der Waals surface area contributed by atoms with Crippen molar-refractivity contribution in [1.82, 2.24) is 19.7 Å². The van der Waals surface area contributed by atoms with Gasteiger partial charge in [0, 0.05) is 13.6 Å². The minimum Gasteiger partial charge on any atom is -0.496 e. The summed E-state index contributed by atoms with van der Waals surface area (Å²) in [6.07, 6.45) is 0. The van der Waals surface area contributed by atoms with E-state index in [2.05, 4.69) is 10.2 Å². The first-order chi connectivity index (χ1) is 14.5. The standard InChI is InChI=1S/C22H25FN4O2S/c1-5-27-21(18-8-6-7-9-19(18)29-4)24-25-22(27)30-14-20(28)26(3)15(2)16-10-12-17(23)13-11-16/h6-13,15H,5,14H2,1-4H3. The van der Waals surface area contributed by atoms with Crippen LogP contribution in [0, 0.1) is 5.82 Å². The largest absolute Gasteiger partial charge is 0.496 e. The number of methoxy groups -OCH3 is 1. The van der Waals surface area contributed by atoms with Crippen LogP contribution in [0.2, 0.25) is 0 Å². The number of para-hydroxylation sites is 1. The molecule has 8 heteroatoms. The van der Waals surface area contributed by atoms with Crippen LogP contribution >= 0.6 is 11.8 Å². The van der Waals surface area contributed by atoms with Gasteiger partial charge < -0.3 is 14.2 Å². The van der Waals surface area contributed by atoms with E-state index in [0.29, 0.717) is 17.5 Å². The van der Waals surface area contributed by atoms with E-state index in [4.69, 9.17) is 4.74 Å². The molecule has 0 fully saturated rings. The molecule has 0 aliphatic rings. The fourth-order valence-corrected chi connectivity index (χ4v) is 4.04. The highest BCUT2D eigenvalue weighted by molar-refractivity contribution is 7.99. The Morgan fingerprint density at radius 2 is 1.90 bits per heavy atom. The maximum Gasteiger partial charge on any atom is 0.233 e. The Labute approximate surface area is 180 Å². The van der Waals surface area contributed by atoms with Gasteiger partial charge in [0.2, 0.25) is 5.91 Å². The number of halogens is 1. The van der Waals surface area contributed by atoms with Crippen LogP contribution in [0.3, 0.4) is 0 Å². The number of amides is 1. The van der Waals surface area contributed by atoms with Crippen LogP contribution in [0.5, 0.6) is 5.75 Å². The molecule has 2 aromatic carbocycles. The summed E-state index contributed by atoms with van der Waals surface area (Å²) in [5, 5.41) is 9.30. The van der Waals surface area contributed by atoms with Gasteiger partial charge in [0.25, 0.3) is 0 Å². The van der Waals surface area contributed by atoms with E-state index in [1.807, 2.05) is 42.7 Å². The lowest BCUT2D eigenvalue weighted by Crippen LogP contribution is -2.31. The van der Waals surface area contributed by atoms with E-state index in [9.17, 15) is 9.18 Å².